The molecule has 1 atom stereocenters. The van der Waals surface area contributed by atoms with E-state index in [0.29, 0.717) is 0 Å². The van der Waals surface area contributed by atoms with Gasteiger partial charge in [-0.05, 0) is 18.2 Å². The lowest BCUT2D eigenvalue weighted by molar-refractivity contribution is -0.758. The van der Waals surface area contributed by atoms with E-state index in [-0.39, 0.29) is 47.8 Å². The number of fused-ring (bicyclic) bond motifs is 1. The van der Waals surface area contributed by atoms with Crippen LogP contribution < -0.4 is 4.74 Å². The molecule has 1 aromatic carbocycles. The molecule has 0 bridgehead atoms. The Balaban J connectivity index is 2.04. The predicted octanol–water partition coefficient (Wildman–Crippen LogP) is 3.47. The number of ether oxygens (including phenoxy) is 3. The lowest BCUT2D eigenvalue weighted by atomic mass is 10.0. The third kappa shape index (κ3) is 5.88. The van der Waals surface area contributed by atoms with Crippen LogP contribution in [0.1, 0.15) is 5.56 Å². The van der Waals surface area contributed by atoms with Crippen LogP contribution in [-0.4, -0.2) is 49.8 Å². The molecule has 0 spiro atoms. The Kier molecular flexibility index (Phi) is 7.33. The van der Waals surface area contributed by atoms with Gasteiger partial charge >= 0.3 is 12.1 Å². The molecular weight excluding hydrogens is 434 g/mol. The highest BCUT2D eigenvalue weighted by Crippen LogP contribution is 2.42. The van der Waals surface area contributed by atoms with Gasteiger partial charge in [0.1, 0.15) is 19.0 Å². The zero-order valence-corrected chi connectivity index (χ0v) is 15.3. The largest absolute Gasteiger partial charge is 0.474 e. The molecule has 8 nitrogen and oxygen atoms in total. The molecule has 0 amide bonds. The molecule has 28 heavy (non-hydrogen) atoms. The number of carbonyl (C=O) groups excluding carboxylic acids is 1. The lowest BCUT2D eigenvalue weighted by Crippen LogP contribution is -2.41. The third-order valence-electron chi connectivity index (χ3n) is 3.28. The van der Waals surface area contributed by atoms with E-state index >= 15 is 0 Å². The topological polar surface area (TPSA) is 97.1 Å². The van der Waals surface area contributed by atoms with Crippen molar-refractivity contribution in [1.82, 2.24) is 0 Å². The lowest BCUT2D eigenvalue weighted by Gasteiger charge is -2.28. The van der Waals surface area contributed by atoms with Crippen molar-refractivity contribution in [1.29, 1.82) is 0 Å². The van der Waals surface area contributed by atoms with E-state index < -0.39 is 28.9 Å². The Labute approximate surface area is 165 Å². The second kappa shape index (κ2) is 9.30. The second-order valence-corrected chi connectivity index (χ2v) is 6.09. The minimum atomic E-state index is -4.90. The van der Waals surface area contributed by atoms with Crippen molar-refractivity contribution in [3.8, 4) is 5.75 Å². The van der Waals surface area contributed by atoms with E-state index in [1.807, 2.05) is 0 Å². The number of rotatable bonds is 8. The summed E-state index contributed by atoms with van der Waals surface area (Å²) in [5, 5.41) is 8.93. The highest BCUT2D eigenvalue weighted by Gasteiger charge is 2.49. The van der Waals surface area contributed by atoms with Crippen LogP contribution in [0.15, 0.2) is 17.7 Å². The van der Waals surface area contributed by atoms with E-state index in [1.165, 1.54) is 12.1 Å². The first kappa shape index (κ1) is 22.1. The normalized spacial score (nSPS) is 15.9. The summed E-state index contributed by atoms with van der Waals surface area (Å²) in [6.45, 7) is -1.09. The fourth-order valence-electron chi connectivity index (χ4n) is 2.19. The summed E-state index contributed by atoms with van der Waals surface area (Å²) >= 11 is 11.7. The van der Waals surface area contributed by atoms with Crippen molar-refractivity contribution in [2.24, 2.45) is 0 Å². The minimum Gasteiger partial charge on any atom is -0.474 e. The van der Waals surface area contributed by atoms with Gasteiger partial charge in [0.2, 0.25) is 6.10 Å². The molecule has 1 aromatic rings. The quantitative estimate of drug-likeness (QED) is 0.261. The number of benzene rings is 1. The number of hydrogen-bond acceptors (Lipinski definition) is 7. The van der Waals surface area contributed by atoms with Crippen LogP contribution in [-0.2, 0) is 19.1 Å². The highest BCUT2D eigenvalue weighted by atomic mass is 35.5. The van der Waals surface area contributed by atoms with E-state index in [1.54, 1.807) is 0 Å². The van der Waals surface area contributed by atoms with Gasteiger partial charge in [-0.15, -0.1) is 10.1 Å². The van der Waals surface area contributed by atoms with Crippen LogP contribution in [0.2, 0.25) is 10.0 Å². The Morgan fingerprint density at radius 3 is 2.54 bits per heavy atom. The van der Waals surface area contributed by atoms with Gasteiger partial charge in [0.25, 0.3) is 5.09 Å². The van der Waals surface area contributed by atoms with E-state index in [9.17, 15) is 28.1 Å². The maximum absolute atomic E-state index is 13.3. The molecule has 1 heterocycles. The van der Waals surface area contributed by atoms with Crippen LogP contribution in [0.25, 0.3) is 6.08 Å². The van der Waals surface area contributed by atoms with Crippen molar-refractivity contribution >= 4 is 35.2 Å². The molecule has 0 aliphatic carbocycles. The Morgan fingerprint density at radius 2 is 1.89 bits per heavy atom. The summed E-state index contributed by atoms with van der Waals surface area (Å²) in [5.41, 5.74) is -0.687. The van der Waals surface area contributed by atoms with Crippen molar-refractivity contribution in [2.75, 3.05) is 26.4 Å². The van der Waals surface area contributed by atoms with Gasteiger partial charge in [-0.3, -0.25) is 0 Å². The maximum atomic E-state index is 13.3. The molecule has 0 saturated heterocycles. The molecule has 13 heteroatoms. The van der Waals surface area contributed by atoms with Crippen molar-refractivity contribution in [3.05, 3.63) is 43.4 Å². The maximum Gasteiger partial charge on any atom is 0.430 e. The number of alkyl halides is 3. The van der Waals surface area contributed by atoms with Crippen molar-refractivity contribution < 1.29 is 42.1 Å². The van der Waals surface area contributed by atoms with Crippen LogP contribution in [0, 0.1) is 10.1 Å². The first-order valence-corrected chi connectivity index (χ1v) is 8.31. The molecule has 0 N–H and O–H groups in total. The van der Waals surface area contributed by atoms with Gasteiger partial charge in [-0.1, -0.05) is 23.2 Å². The molecule has 0 radical (unpaired) electrons. The second-order valence-electron chi connectivity index (χ2n) is 5.25. The van der Waals surface area contributed by atoms with Crippen molar-refractivity contribution in [3.63, 3.8) is 0 Å². The Morgan fingerprint density at radius 1 is 1.21 bits per heavy atom. The molecular formula is C15H12Cl2F3NO7. The van der Waals surface area contributed by atoms with Crippen LogP contribution >= 0.6 is 23.2 Å². The number of hydrogen-bond donors (Lipinski definition) is 0. The Hall–Kier alpha value is -2.24. The molecule has 154 valence electrons. The van der Waals surface area contributed by atoms with Gasteiger partial charge < -0.3 is 19.0 Å². The molecule has 0 aromatic heterocycles. The van der Waals surface area contributed by atoms with Gasteiger partial charge in [-0.2, -0.15) is 13.2 Å². The summed E-state index contributed by atoms with van der Waals surface area (Å²) < 4.78 is 54.5. The summed E-state index contributed by atoms with van der Waals surface area (Å²) in [4.78, 5) is 26.0. The number of esters is 1. The molecule has 0 saturated carbocycles. The summed E-state index contributed by atoms with van der Waals surface area (Å²) in [6.07, 6.45) is -6.52. The fourth-order valence-corrected chi connectivity index (χ4v) is 2.75. The Bertz CT molecular complexity index is 786. The van der Waals surface area contributed by atoms with E-state index in [2.05, 4.69) is 4.84 Å². The molecule has 1 aliphatic heterocycles. The zero-order valence-electron chi connectivity index (χ0n) is 13.8. The summed E-state index contributed by atoms with van der Waals surface area (Å²) in [7, 11) is 0. The third-order valence-corrected chi connectivity index (χ3v) is 3.78. The minimum absolute atomic E-state index is 0.0955. The molecule has 0 unspecified atom stereocenters. The smallest absolute Gasteiger partial charge is 0.430 e. The average molecular weight is 446 g/mol. The average Bonchev–Trinajstić information content (AvgIpc) is 2.58. The molecule has 2 rings (SSSR count). The van der Waals surface area contributed by atoms with Crippen LogP contribution in [0.3, 0.4) is 0 Å². The summed E-state index contributed by atoms with van der Waals surface area (Å²) in [5.74, 6) is -1.52. The van der Waals surface area contributed by atoms with Gasteiger partial charge in [0, 0.05) is 10.6 Å². The highest BCUT2D eigenvalue weighted by molar-refractivity contribution is 6.36. The predicted molar refractivity (Wildman–Crippen MR) is 89.6 cm³/mol. The van der Waals surface area contributed by atoms with Crippen LogP contribution in [0.4, 0.5) is 13.2 Å². The van der Waals surface area contributed by atoms with E-state index in [0.717, 1.165) is 6.08 Å². The standard InChI is InChI=1S/C15H12Cl2F3NO7/c16-9-5-8-6-10(13(15(18,19)20)28-12(8)11(17)7-9)14(22)26-3-1-25-2-4-27-21(23)24/h5-7,13H,1-4H2/t13-/m0/s1. The van der Waals surface area contributed by atoms with Gasteiger partial charge in [0.05, 0.1) is 23.8 Å². The number of halogens is 5. The first-order chi connectivity index (χ1) is 13.1. The molecule has 0 fully saturated rings. The van der Waals surface area contributed by atoms with Gasteiger partial charge in [0.15, 0.2) is 0 Å². The fraction of sp³-hybridized carbons (Fsp3) is 0.400. The zero-order chi connectivity index (χ0) is 20.9. The first-order valence-electron chi connectivity index (χ1n) is 7.55. The monoisotopic (exact) mass is 445 g/mol. The summed E-state index contributed by atoms with van der Waals surface area (Å²) in [6, 6.07) is 2.51. The SMILES string of the molecule is O=C(OCCOCCO[N+](=O)[O-])C1=Cc2cc(Cl)cc(Cl)c2O[C@@H]1C(F)(F)F. The van der Waals surface area contributed by atoms with Gasteiger partial charge in [-0.25, -0.2) is 4.79 Å². The molecule has 1 aliphatic rings. The van der Waals surface area contributed by atoms with E-state index in [4.69, 9.17) is 37.4 Å². The van der Waals surface area contributed by atoms with Crippen molar-refractivity contribution in [2.45, 2.75) is 12.3 Å². The van der Waals surface area contributed by atoms with Crippen LogP contribution in [0.5, 0.6) is 5.75 Å². The number of carbonyl (C=O) groups is 1. The number of nitrogens with zero attached hydrogens (tertiary/aromatic N) is 1.